The third-order valence-corrected chi connectivity index (χ3v) is 3.57. The van der Waals surface area contributed by atoms with Crippen molar-refractivity contribution in [2.24, 2.45) is 11.3 Å². The van der Waals surface area contributed by atoms with Gasteiger partial charge in [-0.15, -0.1) is 0 Å². The molecule has 0 amide bonds. The summed E-state index contributed by atoms with van der Waals surface area (Å²) in [6, 6.07) is 0. The number of hydrogen-bond donors (Lipinski definition) is 2. The molecule has 1 aliphatic carbocycles. The Kier molecular flexibility index (Phi) is 4.74. The van der Waals surface area contributed by atoms with Gasteiger partial charge in [-0.2, -0.15) is 0 Å². The topological polar surface area (TPSA) is 57.5 Å². The van der Waals surface area contributed by atoms with Gasteiger partial charge in [-0.05, 0) is 12.8 Å². The van der Waals surface area contributed by atoms with Crippen molar-refractivity contribution in [3.05, 3.63) is 0 Å². The van der Waals surface area contributed by atoms with E-state index in [-0.39, 0.29) is 19.0 Å². The third-order valence-electron chi connectivity index (χ3n) is 3.57. The van der Waals surface area contributed by atoms with Gasteiger partial charge < -0.3 is 10.2 Å². The SMILES string of the molecule is CC(CO)(CO)C(=O)CC1CCCCC1. The molecule has 0 aromatic rings. The highest BCUT2D eigenvalue weighted by Gasteiger charge is 2.33. The quantitative estimate of drug-likeness (QED) is 0.729. The van der Waals surface area contributed by atoms with Crippen LogP contribution in [0.4, 0.5) is 0 Å². The van der Waals surface area contributed by atoms with Crippen molar-refractivity contribution < 1.29 is 15.0 Å². The van der Waals surface area contributed by atoms with Gasteiger partial charge in [0.1, 0.15) is 5.78 Å². The van der Waals surface area contributed by atoms with Crippen LogP contribution >= 0.6 is 0 Å². The highest BCUT2D eigenvalue weighted by molar-refractivity contribution is 5.84. The van der Waals surface area contributed by atoms with Gasteiger partial charge in [0.2, 0.25) is 0 Å². The molecular weight excluding hydrogens is 192 g/mol. The zero-order valence-electron chi connectivity index (χ0n) is 9.54. The molecule has 1 aliphatic rings. The first-order valence-corrected chi connectivity index (χ1v) is 5.87. The second kappa shape index (κ2) is 5.61. The van der Waals surface area contributed by atoms with Crippen molar-refractivity contribution in [1.82, 2.24) is 0 Å². The molecule has 0 bridgehead atoms. The van der Waals surface area contributed by atoms with E-state index >= 15 is 0 Å². The van der Waals surface area contributed by atoms with Gasteiger partial charge in [-0.1, -0.05) is 32.1 Å². The maximum absolute atomic E-state index is 11.9. The van der Waals surface area contributed by atoms with Gasteiger partial charge in [0.15, 0.2) is 0 Å². The molecule has 0 atom stereocenters. The summed E-state index contributed by atoms with van der Waals surface area (Å²) in [6.45, 7) is 1.13. The van der Waals surface area contributed by atoms with Crippen LogP contribution in [-0.2, 0) is 4.79 Å². The normalized spacial score (nSPS) is 19.1. The van der Waals surface area contributed by atoms with Crippen molar-refractivity contribution >= 4 is 5.78 Å². The number of carbonyl (C=O) groups is 1. The predicted octanol–water partition coefficient (Wildman–Crippen LogP) is 1.52. The Bertz CT molecular complexity index is 203. The maximum atomic E-state index is 11.9. The Hall–Kier alpha value is -0.410. The molecule has 15 heavy (non-hydrogen) atoms. The zero-order valence-corrected chi connectivity index (χ0v) is 9.54. The van der Waals surface area contributed by atoms with Crippen LogP contribution in [0.3, 0.4) is 0 Å². The van der Waals surface area contributed by atoms with E-state index in [0.29, 0.717) is 12.3 Å². The molecule has 3 nitrogen and oxygen atoms in total. The Labute approximate surface area is 91.5 Å². The molecule has 0 aliphatic heterocycles. The molecule has 1 fully saturated rings. The lowest BCUT2D eigenvalue weighted by molar-refractivity contribution is -0.133. The van der Waals surface area contributed by atoms with E-state index in [0.717, 1.165) is 12.8 Å². The number of hydrogen-bond acceptors (Lipinski definition) is 3. The molecule has 0 heterocycles. The zero-order chi connectivity index (χ0) is 11.3. The molecule has 0 saturated heterocycles. The van der Waals surface area contributed by atoms with E-state index in [1.165, 1.54) is 19.3 Å². The number of aliphatic hydroxyl groups is 2. The number of carbonyl (C=O) groups excluding carboxylic acids is 1. The van der Waals surface area contributed by atoms with Crippen LogP contribution in [0.25, 0.3) is 0 Å². The van der Waals surface area contributed by atoms with Crippen molar-refractivity contribution in [2.75, 3.05) is 13.2 Å². The smallest absolute Gasteiger partial charge is 0.143 e. The number of Topliss-reactive ketones (excluding diaryl/α,β-unsaturated/α-hetero) is 1. The summed E-state index contributed by atoms with van der Waals surface area (Å²) in [6.07, 6.45) is 6.48. The first-order valence-electron chi connectivity index (χ1n) is 5.87. The van der Waals surface area contributed by atoms with Gasteiger partial charge in [0.05, 0.1) is 18.6 Å². The molecule has 1 rings (SSSR count). The van der Waals surface area contributed by atoms with Crippen LogP contribution in [-0.4, -0.2) is 29.2 Å². The van der Waals surface area contributed by atoms with E-state index < -0.39 is 5.41 Å². The minimum absolute atomic E-state index is 0.0133. The van der Waals surface area contributed by atoms with Crippen LogP contribution < -0.4 is 0 Å². The van der Waals surface area contributed by atoms with E-state index in [2.05, 4.69) is 0 Å². The Balaban J connectivity index is 2.45. The van der Waals surface area contributed by atoms with Gasteiger partial charge in [-0.3, -0.25) is 4.79 Å². The van der Waals surface area contributed by atoms with Gasteiger partial charge in [0.25, 0.3) is 0 Å². The van der Waals surface area contributed by atoms with Crippen molar-refractivity contribution in [3.63, 3.8) is 0 Å². The molecule has 1 saturated carbocycles. The summed E-state index contributed by atoms with van der Waals surface area (Å²) >= 11 is 0. The average molecular weight is 214 g/mol. The lowest BCUT2D eigenvalue weighted by Crippen LogP contribution is -2.36. The minimum atomic E-state index is -0.933. The predicted molar refractivity (Wildman–Crippen MR) is 58.5 cm³/mol. The largest absolute Gasteiger partial charge is 0.395 e. The first-order chi connectivity index (χ1) is 7.12. The minimum Gasteiger partial charge on any atom is -0.395 e. The molecule has 2 N–H and O–H groups in total. The summed E-state index contributed by atoms with van der Waals surface area (Å²) in [5.74, 6) is 0.489. The summed E-state index contributed by atoms with van der Waals surface area (Å²) in [5, 5.41) is 18.2. The Morgan fingerprint density at radius 3 is 2.20 bits per heavy atom. The standard InChI is InChI=1S/C12H22O3/c1-12(8-13,9-14)11(15)7-10-5-3-2-4-6-10/h10,13-14H,2-9H2,1H3. The molecule has 3 heteroatoms. The maximum Gasteiger partial charge on any atom is 0.143 e. The summed E-state index contributed by atoms with van der Waals surface area (Å²) in [5.41, 5.74) is -0.933. The lowest BCUT2D eigenvalue weighted by Gasteiger charge is -2.27. The molecule has 0 aromatic heterocycles. The number of rotatable bonds is 5. The third kappa shape index (κ3) is 3.28. The fourth-order valence-corrected chi connectivity index (χ4v) is 2.13. The molecule has 0 radical (unpaired) electrons. The lowest BCUT2D eigenvalue weighted by atomic mass is 9.78. The molecular formula is C12H22O3. The highest BCUT2D eigenvalue weighted by Crippen LogP contribution is 2.29. The molecule has 0 spiro atoms. The van der Waals surface area contributed by atoms with E-state index in [1.807, 2.05) is 0 Å². The monoisotopic (exact) mass is 214 g/mol. The van der Waals surface area contributed by atoms with Crippen molar-refractivity contribution in [2.45, 2.75) is 45.4 Å². The van der Waals surface area contributed by atoms with Crippen molar-refractivity contribution in [1.29, 1.82) is 0 Å². The van der Waals surface area contributed by atoms with Crippen LogP contribution in [0.15, 0.2) is 0 Å². The second-order valence-corrected chi connectivity index (χ2v) is 5.01. The summed E-state index contributed by atoms with van der Waals surface area (Å²) < 4.78 is 0. The second-order valence-electron chi connectivity index (χ2n) is 5.01. The average Bonchev–Trinajstić information content (AvgIpc) is 2.29. The fourth-order valence-electron chi connectivity index (χ4n) is 2.13. The Morgan fingerprint density at radius 1 is 1.20 bits per heavy atom. The van der Waals surface area contributed by atoms with Crippen LogP contribution in [0.2, 0.25) is 0 Å². The fraction of sp³-hybridized carbons (Fsp3) is 0.917. The van der Waals surface area contributed by atoms with E-state index in [9.17, 15) is 4.79 Å². The van der Waals surface area contributed by atoms with E-state index in [4.69, 9.17) is 10.2 Å². The van der Waals surface area contributed by atoms with Gasteiger partial charge in [0, 0.05) is 6.42 Å². The van der Waals surface area contributed by atoms with Crippen LogP contribution in [0, 0.1) is 11.3 Å². The highest BCUT2D eigenvalue weighted by atomic mass is 16.3. The van der Waals surface area contributed by atoms with Gasteiger partial charge >= 0.3 is 0 Å². The van der Waals surface area contributed by atoms with Crippen LogP contribution in [0.5, 0.6) is 0 Å². The molecule has 0 unspecified atom stereocenters. The van der Waals surface area contributed by atoms with Crippen LogP contribution in [0.1, 0.15) is 45.4 Å². The summed E-state index contributed by atoms with van der Waals surface area (Å²) in [4.78, 5) is 11.9. The van der Waals surface area contributed by atoms with E-state index in [1.54, 1.807) is 6.92 Å². The van der Waals surface area contributed by atoms with Crippen molar-refractivity contribution in [3.8, 4) is 0 Å². The first kappa shape index (κ1) is 12.7. The van der Waals surface area contributed by atoms with Gasteiger partial charge in [-0.25, -0.2) is 0 Å². The number of aliphatic hydroxyl groups excluding tert-OH is 2. The molecule has 88 valence electrons. The summed E-state index contributed by atoms with van der Waals surface area (Å²) in [7, 11) is 0. The Morgan fingerprint density at radius 2 is 1.73 bits per heavy atom. The number of ketones is 1. The molecule has 0 aromatic carbocycles.